The number of carbonyl (C=O) groups excluding carboxylic acids is 1. The van der Waals surface area contributed by atoms with Crippen molar-refractivity contribution in [2.45, 2.75) is 19.3 Å². The molecule has 0 unspecified atom stereocenters. The molecule has 1 aliphatic rings. The number of hydrazone groups is 1. The Kier molecular flexibility index (Phi) is 5.48. The van der Waals surface area contributed by atoms with Gasteiger partial charge in [-0.15, -0.1) is 0 Å². The standard InChI is InChI=1S/C25H22N4O4/c30-25(24-15-21-20-7-3-2-6-17(20)8-11-23(21)33-24)27-26-16-18-14-19(29(31)32)9-10-22(18)28-12-4-1-5-13-28/h2-3,6-11,14-16H,1,4-5,12-13H2,(H,27,30)/b26-16-. The van der Waals surface area contributed by atoms with Crippen LogP contribution in [0.2, 0.25) is 0 Å². The van der Waals surface area contributed by atoms with Gasteiger partial charge in [-0.1, -0.05) is 30.3 Å². The SMILES string of the molecule is O=C(N/N=C\c1cc([N+](=O)[O-])ccc1N1CCCCC1)c1cc2c(ccc3ccccc32)o1. The highest BCUT2D eigenvalue weighted by atomic mass is 16.6. The lowest BCUT2D eigenvalue weighted by Gasteiger charge is -2.29. The second-order valence-corrected chi connectivity index (χ2v) is 8.06. The van der Waals surface area contributed by atoms with Crippen LogP contribution < -0.4 is 10.3 Å². The van der Waals surface area contributed by atoms with E-state index < -0.39 is 10.8 Å². The van der Waals surface area contributed by atoms with Gasteiger partial charge in [-0.05, 0) is 48.2 Å². The number of furan rings is 1. The highest BCUT2D eigenvalue weighted by molar-refractivity contribution is 6.08. The van der Waals surface area contributed by atoms with Gasteiger partial charge in [0, 0.05) is 41.9 Å². The molecular weight excluding hydrogens is 420 g/mol. The summed E-state index contributed by atoms with van der Waals surface area (Å²) in [5.74, 6) is -0.342. The molecule has 0 atom stereocenters. The Morgan fingerprint density at radius 2 is 1.85 bits per heavy atom. The van der Waals surface area contributed by atoms with Crippen molar-refractivity contribution in [1.82, 2.24) is 5.43 Å². The van der Waals surface area contributed by atoms with Gasteiger partial charge >= 0.3 is 5.91 Å². The zero-order valence-corrected chi connectivity index (χ0v) is 17.9. The van der Waals surface area contributed by atoms with Crippen molar-refractivity contribution in [3.63, 3.8) is 0 Å². The molecule has 1 saturated heterocycles. The lowest BCUT2D eigenvalue weighted by molar-refractivity contribution is -0.384. The molecule has 8 nitrogen and oxygen atoms in total. The minimum Gasteiger partial charge on any atom is -0.451 e. The summed E-state index contributed by atoms with van der Waals surface area (Å²) in [6, 6.07) is 18.1. The third-order valence-electron chi connectivity index (χ3n) is 5.94. The van der Waals surface area contributed by atoms with Gasteiger partial charge in [-0.2, -0.15) is 5.10 Å². The van der Waals surface area contributed by atoms with Gasteiger partial charge in [-0.25, -0.2) is 5.43 Å². The minimum atomic E-state index is -0.489. The second-order valence-electron chi connectivity index (χ2n) is 8.06. The fourth-order valence-electron chi connectivity index (χ4n) is 4.30. The molecule has 0 spiro atoms. The van der Waals surface area contributed by atoms with Gasteiger partial charge in [0.25, 0.3) is 5.69 Å². The van der Waals surface area contributed by atoms with Crippen LogP contribution in [0.25, 0.3) is 21.7 Å². The number of fused-ring (bicyclic) bond motifs is 3. The maximum atomic E-state index is 12.7. The van der Waals surface area contributed by atoms with Crippen LogP contribution in [0.5, 0.6) is 0 Å². The summed E-state index contributed by atoms with van der Waals surface area (Å²) < 4.78 is 5.73. The molecule has 1 amide bonds. The van der Waals surface area contributed by atoms with Crippen LogP contribution in [0.1, 0.15) is 35.4 Å². The third-order valence-corrected chi connectivity index (χ3v) is 5.94. The van der Waals surface area contributed by atoms with Crippen LogP contribution in [-0.2, 0) is 0 Å². The molecule has 1 fully saturated rings. The quantitative estimate of drug-likeness (QED) is 0.258. The zero-order chi connectivity index (χ0) is 22.8. The number of piperidine rings is 1. The van der Waals surface area contributed by atoms with Crippen LogP contribution >= 0.6 is 0 Å². The van der Waals surface area contributed by atoms with Crippen LogP contribution in [0.3, 0.4) is 0 Å². The maximum Gasteiger partial charge on any atom is 0.307 e. The number of anilines is 1. The average Bonchev–Trinajstić information content (AvgIpc) is 3.30. The van der Waals surface area contributed by atoms with Crippen LogP contribution in [-0.4, -0.2) is 30.1 Å². The second kappa shape index (κ2) is 8.74. The fraction of sp³-hybridized carbons (Fsp3) is 0.200. The van der Waals surface area contributed by atoms with Crippen LogP contribution in [0, 0.1) is 10.1 Å². The summed E-state index contributed by atoms with van der Waals surface area (Å²) in [5.41, 5.74) is 4.54. The van der Waals surface area contributed by atoms with Crippen molar-refractivity contribution in [3.8, 4) is 0 Å². The van der Waals surface area contributed by atoms with E-state index in [2.05, 4.69) is 15.4 Å². The fourth-order valence-corrected chi connectivity index (χ4v) is 4.30. The minimum absolute atomic E-state index is 0.0206. The number of nitrogens with one attached hydrogen (secondary N) is 1. The van der Waals surface area contributed by atoms with Crippen molar-refractivity contribution < 1.29 is 14.1 Å². The summed E-state index contributed by atoms with van der Waals surface area (Å²) >= 11 is 0. The van der Waals surface area contributed by atoms with Gasteiger partial charge < -0.3 is 9.32 Å². The molecule has 1 N–H and O–H groups in total. The van der Waals surface area contributed by atoms with Gasteiger partial charge in [-0.3, -0.25) is 14.9 Å². The molecule has 0 aliphatic carbocycles. The Hall–Kier alpha value is -4.20. The highest BCUT2D eigenvalue weighted by Crippen LogP contribution is 2.29. The predicted molar refractivity (Wildman–Crippen MR) is 128 cm³/mol. The van der Waals surface area contributed by atoms with E-state index in [4.69, 9.17) is 4.42 Å². The molecule has 5 rings (SSSR count). The molecule has 33 heavy (non-hydrogen) atoms. The normalized spacial score (nSPS) is 14.2. The van der Waals surface area contributed by atoms with E-state index in [-0.39, 0.29) is 11.4 Å². The molecule has 0 saturated carbocycles. The summed E-state index contributed by atoms with van der Waals surface area (Å²) in [5, 5.41) is 18.2. The summed E-state index contributed by atoms with van der Waals surface area (Å²) in [6.45, 7) is 1.77. The summed E-state index contributed by atoms with van der Waals surface area (Å²) in [4.78, 5) is 25.7. The molecular formula is C25H22N4O4. The monoisotopic (exact) mass is 442 g/mol. The number of non-ortho nitro benzene ring substituents is 1. The predicted octanol–water partition coefficient (Wildman–Crippen LogP) is 5.25. The highest BCUT2D eigenvalue weighted by Gasteiger charge is 2.18. The number of hydrogen-bond donors (Lipinski definition) is 1. The molecule has 1 aliphatic heterocycles. The molecule has 166 valence electrons. The molecule has 0 radical (unpaired) electrons. The average molecular weight is 442 g/mol. The number of nitro benzene ring substituents is 1. The van der Waals surface area contributed by atoms with Gasteiger partial charge in [0.15, 0.2) is 5.76 Å². The smallest absolute Gasteiger partial charge is 0.307 e. The Morgan fingerprint density at radius 1 is 1.03 bits per heavy atom. The van der Waals surface area contributed by atoms with Gasteiger partial charge in [0.2, 0.25) is 0 Å². The first kappa shape index (κ1) is 20.7. The lowest BCUT2D eigenvalue weighted by Crippen LogP contribution is -2.30. The van der Waals surface area contributed by atoms with Crippen molar-refractivity contribution in [2.75, 3.05) is 18.0 Å². The van der Waals surface area contributed by atoms with Crippen molar-refractivity contribution in [1.29, 1.82) is 0 Å². The first-order valence-corrected chi connectivity index (χ1v) is 10.9. The van der Waals surface area contributed by atoms with E-state index in [0.717, 1.165) is 47.8 Å². The van der Waals surface area contributed by atoms with Gasteiger partial charge in [0.1, 0.15) is 5.58 Å². The Morgan fingerprint density at radius 3 is 2.67 bits per heavy atom. The van der Waals surface area contributed by atoms with Crippen LogP contribution in [0.15, 0.2) is 70.2 Å². The Labute approximate surface area is 189 Å². The van der Waals surface area contributed by atoms with Crippen LogP contribution in [0.4, 0.5) is 11.4 Å². The van der Waals surface area contributed by atoms with E-state index in [9.17, 15) is 14.9 Å². The van der Waals surface area contributed by atoms with E-state index in [0.29, 0.717) is 11.1 Å². The number of rotatable bonds is 5. The molecule has 3 aromatic carbocycles. The maximum absolute atomic E-state index is 12.7. The van der Waals surface area contributed by atoms with E-state index >= 15 is 0 Å². The number of hydrogen-bond acceptors (Lipinski definition) is 6. The van der Waals surface area contributed by atoms with E-state index in [1.807, 2.05) is 36.4 Å². The first-order chi connectivity index (χ1) is 16.1. The number of benzene rings is 3. The van der Waals surface area contributed by atoms with Gasteiger partial charge in [0.05, 0.1) is 11.1 Å². The van der Waals surface area contributed by atoms with Crippen molar-refractivity contribution >= 4 is 45.2 Å². The molecule has 1 aromatic heterocycles. The number of carbonyl (C=O) groups is 1. The van der Waals surface area contributed by atoms with E-state index in [1.165, 1.54) is 24.8 Å². The summed E-state index contributed by atoms with van der Waals surface area (Å²) in [7, 11) is 0. The number of nitro groups is 1. The summed E-state index contributed by atoms with van der Waals surface area (Å²) in [6.07, 6.45) is 4.78. The number of nitrogens with zero attached hydrogens (tertiary/aromatic N) is 3. The van der Waals surface area contributed by atoms with E-state index in [1.54, 1.807) is 12.1 Å². The molecule has 0 bridgehead atoms. The lowest BCUT2D eigenvalue weighted by atomic mass is 10.1. The molecule has 2 heterocycles. The van der Waals surface area contributed by atoms with Crippen molar-refractivity contribution in [2.24, 2.45) is 5.10 Å². The largest absolute Gasteiger partial charge is 0.451 e. The number of amides is 1. The zero-order valence-electron chi connectivity index (χ0n) is 17.9. The topological polar surface area (TPSA) is 101 Å². The van der Waals surface area contributed by atoms with Crippen molar-refractivity contribution in [3.05, 3.63) is 82.1 Å². The third kappa shape index (κ3) is 4.15. The Bertz CT molecular complexity index is 1390. The Balaban J connectivity index is 1.39. The first-order valence-electron chi connectivity index (χ1n) is 10.9. The molecule has 8 heteroatoms. The molecule has 4 aromatic rings.